The van der Waals surface area contributed by atoms with Crippen molar-refractivity contribution in [2.45, 2.75) is 0 Å². The molecule has 2 N–H and O–H groups in total. The van der Waals surface area contributed by atoms with E-state index in [9.17, 15) is 39.0 Å². The van der Waals surface area contributed by atoms with Crippen LogP contribution in [0, 0.1) is 0 Å². The molecular weight excluding hydrogens is 524 g/mol. The first-order valence-electron chi connectivity index (χ1n) is 8.54. The van der Waals surface area contributed by atoms with E-state index in [0.717, 1.165) is 37.6 Å². The summed E-state index contributed by atoms with van der Waals surface area (Å²) >= 11 is 0. The van der Waals surface area contributed by atoms with E-state index < -0.39 is 46.7 Å². The van der Waals surface area contributed by atoms with Crippen molar-refractivity contribution in [2.75, 3.05) is 28.2 Å². The van der Waals surface area contributed by atoms with Crippen molar-refractivity contribution in [2.24, 2.45) is 0 Å². The van der Waals surface area contributed by atoms with Gasteiger partial charge in [0.15, 0.2) is 11.4 Å². The van der Waals surface area contributed by atoms with Crippen LogP contribution in [0.25, 0.3) is 0 Å². The number of carboxylic acid groups (broad SMARTS) is 4. The molecular formula is C18H20CuN6O10. The van der Waals surface area contributed by atoms with E-state index in [-0.39, 0.29) is 17.1 Å². The minimum atomic E-state index is -1.65. The third-order valence-corrected chi connectivity index (χ3v) is 2.61. The van der Waals surface area contributed by atoms with Crippen LogP contribution in [-0.2, 0) is 26.7 Å². The molecule has 0 saturated carbocycles. The summed E-state index contributed by atoms with van der Waals surface area (Å²) in [6.07, 6.45) is 5.85. The van der Waals surface area contributed by atoms with E-state index in [1.54, 1.807) is 28.2 Å². The van der Waals surface area contributed by atoms with Gasteiger partial charge in [-0.15, -0.1) is 0 Å². The third-order valence-electron chi connectivity index (χ3n) is 2.61. The Kier molecular flexibility index (Phi) is 19.1. The Morgan fingerprint density at radius 2 is 0.857 bits per heavy atom. The second kappa shape index (κ2) is 19.0. The summed E-state index contributed by atoms with van der Waals surface area (Å²) in [5.74, 6) is -6.19. The van der Waals surface area contributed by atoms with Crippen LogP contribution in [0.4, 0.5) is 0 Å². The monoisotopic (exact) mass is 543 g/mol. The Morgan fingerprint density at radius 1 is 0.657 bits per heavy atom. The van der Waals surface area contributed by atoms with Gasteiger partial charge in [0.1, 0.15) is 11.4 Å². The van der Waals surface area contributed by atoms with E-state index in [4.69, 9.17) is 10.2 Å². The number of amides is 2. The van der Waals surface area contributed by atoms with Gasteiger partial charge in [-0.2, -0.15) is 0 Å². The Labute approximate surface area is 208 Å². The van der Waals surface area contributed by atoms with Gasteiger partial charge < -0.3 is 39.8 Å². The van der Waals surface area contributed by atoms with E-state index in [1.165, 1.54) is 9.80 Å². The Balaban J connectivity index is -0.000000419. The number of carboxylic acids is 4. The largest absolute Gasteiger partial charge is 2.00 e. The summed E-state index contributed by atoms with van der Waals surface area (Å²) in [6, 6.07) is 0. The second-order valence-corrected chi connectivity index (χ2v) is 5.83. The smallest absolute Gasteiger partial charge is 0.543 e. The normalized spacial score (nSPS) is 8.34. The van der Waals surface area contributed by atoms with E-state index in [0.29, 0.717) is 0 Å². The second-order valence-electron chi connectivity index (χ2n) is 5.83. The molecule has 193 valence electrons. The van der Waals surface area contributed by atoms with Crippen LogP contribution in [-0.4, -0.2) is 105 Å². The minimum absolute atomic E-state index is 0. The van der Waals surface area contributed by atoms with Crippen molar-refractivity contribution in [3.8, 4) is 0 Å². The molecule has 16 nitrogen and oxygen atoms in total. The topological polar surface area (TPSA) is 247 Å². The van der Waals surface area contributed by atoms with Gasteiger partial charge in [0.2, 0.25) is 12.8 Å². The Hall–Kier alpha value is -4.50. The molecule has 35 heavy (non-hydrogen) atoms. The predicted octanol–water partition coefficient (Wildman–Crippen LogP) is -3.52. The first kappa shape index (κ1) is 35.1. The molecule has 0 aliphatic carbocycles. The van der Waals surface area contributed by atoms with Crippen molar-refractivity contribution in [1.82, 2.24) is 29.7 Å². The van der Waals surface area contributed by atoms with Crippen molar-refractivity contribution < 1.29 is 66.3 Å². The standard InChI is InChI=1S/2C6H4N2O4.2C3H7NO.Cu/c2*9-5(10)3-4(6(11)12)8-2-1-7-3;2*1-4(2)3-5;/h2*1-2H,(H,9,10)(H,11,12);2*3H,1-2H3;/q;;;;+2/p-2. The third kappa shape index (κ3) is 15.9. The number of carbonyl (C=O) groups is 6. The molecule has 0 fully saturated rings. The molecule has 2 aromatic rings. The summed E-state index contributed by atoms with van der Waals surface area (Å²) in [5, 5.41) is 37.3. The molecule has 2 rings (SSSR count). The maximum Gasteiger partial charge on any atom is 2.00 e. The number of nitrogens with zero attached hydrogens (tertiary/aromatic N) is 6. The van der Waals surface area contributed by atoms with Crippen molar-refractivity contribution in [3.05, 3.63) is 47.6 Å². The molecule has 0 bridgehead atoms. The van der Waals surface area contributed by atoms with E-state index in [2.05, 4.69) is 19.9 Å². The SMILES string of the molecule is CN(C)C=O.CN(C)C=O.O=C([O-])c1nccnc1C(=O)O.O=C([O-])c1nccnc1C(=O)O.[Cu+2]. The van der Waals surface area contributed by atoms with Crippen LogP contribution in [0.3, 0.4) is 0 Å². The fourth-order valence-electron chi connectivity index (χ4n) is 1.29. The molecule has 2 aromatic heterocycles. The van der Waals surface area contributed by atoms with Crippen LogP contribution in [0.5, 0.6) is 0 Å². The minimum Gasteiger partial charge on any atom is -0.543 e. The van der Waals surface area contributed by atoms with Gasteiger partial charge in [-0.25, -0.2) is 19.6 Å². The molecule has 2 amide bonds. The van der Waals surface area contributed by atoms with Gasteiger partial charge >= 0.3 is 29.0 Å². The molecule has 0 spiro atoms. The van der Waals surface area contributed by atoms with Crippen LogP contribution < -0.4 is 10.2 Å². The number of aromatic carboxylic acids is 4. The molecule has 0 saturated heterocycles. The zero-order valence-corrected chi connectivity index (χ0v) is 19.6. The molecule has 0 atom stereocenters. The van der Waals surface area contributed by atoms with Crippen LogP contribution in [0.2, 0.25) is 0 Å². The molecule has 0 aliphatic heterocycles. The number of carbonyl (C=O) groups excluding carboxylic acids is 4. The summed E-state index contributed by atoms with van der Waals surface area (Å²) in [5.41, 5.74) is -2.55. The van der Waals surface area contributed by atoms with Gasteiger partial charge in [-0.1, -0.05) is 0 Å². The van der Waals surface area contributed by atoms with Crippen molar-refractivity contribution >= 4 is 36.7 Å². The maximum atomic E-state index is 10.3. The van der Waals surface area contributed by atoms with Gasteiger partial charge in [0, 0.05) is 53.0 Å². The fourth-order valence-corrected chi connectivity index (χ4v) is 1.29. The van der Waals surface area contributed by atoms with Crippen LogP contribution >= 0.6 is 0 Å². The van der Waals surface area contributed by atoms with Gasteiger partial charge in [-0.05, 0) is 0 Å². The summed E-state index contributed by atoms with van der Waals surface area (Å²) in [6.45, 7) is 0. The predicted molar refractivity (Wildman–Crippen MR) is 106 cm³/mol. The van der Waals surface area contributed by atoms with Crippen molar-refractivity contribution in [1.29, 1.82) is 0 Å². The number of hydrogen-bond acceptors (Lipinski definition) is 12. The molecule has 0 aliphatic rings. The first-order valence-corrected chi connectivity index (χ1v) is 8.54. The van der Waals surface area contributed by atoms with Gasteiger partial charge in [0.05, 0.1) is 11.9 Å². The fraction of sp³-hybridized carbons (Fsp3) is 0.222. The number of aromatic nitrogens is 4. The molecule has 17 heteroatoms. The molecule has 0 aromatic carbocycles. The van der Waals surface area contributed by atoms with Crippen LogP contribution in [0.15, 0.2) is 24.8 Å². The average Bonchev–Trinajstić information content (AvgIpc) is 2.80. The maximum absolute atomic E-state index is 10.3. The van der Waals surface area contributed by atoms with E-state index >= 15 is 0 Å². The Bertz CT molecular complexity index is 858. The molecule has 2 heterocycles. The summed E-state index contributed by atoms with van der Waals surface area (Å²) in [4.78, 5) is 76.1. The number of rotatable bonds is 6. The summed E-state index contributed by atoms with van der Waals surface area (Å²) < 4.78 is 0. The summed E-state index contributed by atoms with van der Waals surface area (Å²) in [7, 11) is 6.75. The molecule has 0 unspecified atom stereocenters. The zero-order chi connectivity index (χ0) is 26.8. The molecule has 1 radical (unpaired) electrons. The first-order chi connectivity index (χ1) is 15.8. The average molecular weight is 544 g/mol. The Morgan fingerprint density at radius 3 is 0.971 bits per heavy atom. The van der Waals surface area contributed by atoms with Gasteiger partial charge in [-0.3, -0.25) is 19.6 Å². The van der Waals surface area contributed by atoms with Crippen LogP contribution in [0.1, 0.15) is 42.0 Å². The zero-order valence-electron chi connectivity index (χ0n) is 18.6. The van der Waals surface area contributed by atoms with Crippen molar-refractivity contribution in [3.63, 3.8) is 0 Å². The van der Waals surface area contributed by atoms with E-state index in [1.807, 2.05) is 0 Å². The quantitative estimate of drug-likeness (QED) is 0.265. The number of hydrogen-bond donors (Lipinski definition) is 2. The van der Waals surface area contributed by atoms with Gasteiger partial charge in [0.25, 0.3) is 0 Å².